The van der Waals surface area contributed by atoms with Gasteiger partial charge in [-0.3, -0.25) is 4.79 Å². The Bertz CT molecular complexity index is 1310. The number of hydrogen-bond acceptors (Lipinski definition) is 4. The van der Waals surface area contributed by atoms with E-state index < -0.39 is 24.8 Å². The Balaban J connectivity index is 1.58. The minimum Gasteiger partial charge on any atom is -0.364 e. The summed E-state index contributed by atoms with van der Waals surface area (Å²) in [4.78, 5) is 14.2. The first-order chi connectivity index (χ1) is 17.1. The van der Waals surface area contributed by atoms with Gasteiger partial charge in [0.05, 0.1) is 24.5 Å². The Hall–Kier alpha value is -3.58. The van der Waals surface area contributed by atoms with E-state index in [0.717, 1.165) is 5.56 Å². The van der Waals surface area contributed by atoms with Crippen LogP contribution in [0, 0.1) is 18.8 Å². The van der Waals surface area contributed by atoms with Crippen LogP contribution in [0.2, 0.25) is 0 Å². The maximum absolute atomic E-state index is 14.6. The van der Waals surface area contributed by atoms with Crippen molar-refractivity contribution < 1.29 is 22.4 Å². The van der Waals surface area contributed by atoms with Gasteiger partial charge < -0.3 is 15.5 Å². The van der Waals surface area contributed by atoms with Crippen LogP contribution in [-0.4, -0.2) is 65.5 Å². The Morgan fingerprint density at radius 2 is 2.00 bits per heavy atom. The molecule has 1 aliphatic rings. The number of benzene rings is 1. The van der Waals surface area contributed by atoms with Crippen molar-refractivity contribution in [2.75, 3.05) is 32.0 Å². The molecular weight excluding hydrogens is 474 g/mol. The van der Waals surface area contributed by atoms with Crippen molar-refractivity contribution in [3.63, 3.8) is 0 Å². The van der Waals surface area contributed by atoms with Gasteiger partial charge in [0.2, 0.25) is 0 Å². The zero-order chi connectivity index (χ0) is 25.9. The molecule has 1 fully saturated rings. The van der Waals surface area contributed by atoms with E-state index in [9.17, 15) is 22.4 Å². The number of anilines is 1. The zero-order valence-corrected chi connectivity index (χ0v) is 20.0. The summed E-state index contributed by atoms with van der Waals surface area (Å²) in [5, 5.41) is 10.1. The van der Waals surface area contributed by atoms with Gasteiger partial charge in [0.15, 0.2) is 0 Å². The van der Waals surface area contributed by atoms with Gasteiger partial charge in [0.1, 0.15) is 17.7 Å². The second kappa shape index (κ2) is 10.6. The molecule has 4 rings (SSSR count). The first-order valence-corrected chi connectivity index (χ1v) is 11.6. The van der Waals surface area contributed by atoms with E-state index in [2.05, 4.69) is 27.6 Å². The quantitative estimate of drug-likeness (QED) is 0.410. The number of pyridine rings is 1. The van der Waals surface area contributed by atoms with E-state index in [1.54, 1.807) is 30.3 Å². The number of fused-ring (bicyclic) bond motifs is 1. The van der Waals surface area contributed by atoms with E-state index in [1.165, 1.54) is 10.6 Å². The molecule has 2 atom stereocenters. The summed E-state index contributed by atoms with van der Waals surface area (Å²) >= 11 is 0. The topological polar surface area (TPSA) is 61.7 Å². The molecule has 0 aliphatic carbocycles. The lowest BCUT2D eigenvalue weighted by Crippen LogP contribution is -2.46. The standard InChI is InChI=1S/C26H27F4N5O/c1-17-6-3-7-18(14-17)25(36)31-12-5-8-21-19(15-26(28,29)30)23-9-4-10-24(35(23)33-21)32-22-11-13-34(2)16-20(22)27/h3-4,6-7,9-10,14,20,22,32H,11-13,15-16H2,1-2H3,(H,31,36)/t20-,22+/m0/s1. The molecule has 1 amide bonds. The predicted molar refractivity (Wildman–Crippen MR) is 130 cm³/mol. The fraction of sp³-hybridized carbons (Fsp3) is 0.385. The van der Waals surface area contributed by atoms with Crippen molar-refractivity contribution in [1.29, 1.82) is 0 Å². The zero-order valence-electron chi connectivity index (χ0n) is 20.0. The van der Waals surface area contributed by atoms with Crippen LogP contribution in [0.15, 0.2) is 42.5 Å². The summed E-state index contributed by atoms with van der Waals surface area (Å²) in [6.07, 6.45) is -6.25. The number of carbonyl (C=O) groups excluding carboxylic acids is 1. The van der Waals surface area contributed by atoms with E-state index in [4.69, 9.17) is 0 Å². The van der Waals surface area contributed by atoms with Crippen LogP contribution in [0.5, 0.6) is 0 Å². The number of amides is 1. The summed E-state index contributed by atoms with van der Waals surface area (Å²) in [6, 6.07) is 11.3. The van der Waals surface area contributed by atoms with E-state index in [-0.39, 0.29) is 35.8 Å². The molecule has 1 saturated heterocycles. The Morgan fingerprint density at radius 3 is 2.72 bits per heavy atom. The van der Waals surface area contributed by atoms with Crippen molar-refractivity contribution in [3.8, 4) is 11.8 Å². The van der Waals surface area contributed by atoms with Gasteiger partial charge in [-0.05, 0) is 50.6 Å². The average molecular weight is 502 g/mol. The average Bonchev–Trinajstić information content (AvgIpc) is 3.15. The third-order valence-corrected chi connectivity index (χ3v) is 6.04. The molecule has 3 aromatic rings. The second-order valence-electron chi connectivity index (χ2n) is 9.00. The maximum Gasteiger partial charge on any atom is 0.393 e. The number of rotatable bonds is 5. The molecule has 0 radical (unpaired) electrons. The fourth-order valence-electron chi connectivity index (χ4n) is 4.25. The van der Waals surface area contributed by atoms with E-state index in [0.29, 0.717) is 24.3 Å². The molecule has 6 nitrogen and oxygen atoms in total. The van der Waals surface area contributed by atoms with Crippen molar-refractivity contribution in [1.82, 2.24) is 19.8 Å². The first-order valence-electron chi connectivity index (χ1n) is 11.6. The van der Waals surface area contributed by atoms with Gasteiger partial charge in [-0.1, -0.05) is 29.7 Å². The molecule has 2 aromatic heterocycles. The van der Waals surface area contributed by atoms with Crippen LogP contribution in [0.25, 0.3) is 5.52 Å². The van der Waals surface area contributed by atoms with Crippen molar-refractivity contribution in [2.24, 2.45) is 0 Å². The molecule has 190 valence electrons. The van der Waals surface area contributed by atoms with E-state index in [1.807, 2.05) is 24.9 Å². The third kappa shape index (κ3) is 6.15. The number of nitrogens with zero attached hydrogens (tertiary/aromatic N) is 3. The molecule has 10 heteroatoms. The van der Waals surface area contributed by atoms with Gasteiger partial charge in [0.25, 0.3) is 5.91 Å². The Morgan fingerprint density at radius 1 is 1.22 bits per heavy atom. The van der Waals surface area contributed by atoms with Crippen LogP contribution in [0.4, 0.5) is 23.4 Å². The molecule has 1 aromatic carbocycles. The maximum atomic E-state index is 14.6. The van der Waals surface area contributed by atoms with Crippen molar-refractivity contribution in [3.05, 3.63) is 64.8 Å². The molecule has 36 heavy (non-hydrogen) atoms. The molecule has 0 saturated carbocycles. The molecule has 3 heterocycles. The van der Waals surface area contributed by atoms with Crippen molar-refractivity contribution >= 4 is 17.2 Å². The minimum atomic E-state index is -4.47. The lowest BCUT2D eigenvalue weighted by Gasteiger charge is -2.33. The Labute approximate surface area is 206 Å². The highest BCUT2D eigenvalue weighted by Crippen LogP contribution is 2.28. The van der Waals surface area contributed by atoms with Crippen molar-refractivity contribution in [2.45, 2.75) is 38.2 Å². The molecule has 0 bridgehead atoms. The molecular formula is C26H27F4N5O. The summed E-state index contributed by atoms with van der Waals surface area (Å²) in [6.45, 7) is 2.79. The number of halogens is 4. The SMILES string of the molecule is Cc1cccc(C(=O)NCC#Cc2nn3c(N[C@@H]4CCN(C)C[C@@H]4F)cccc3c2CC(F)(F)F)c1. The number of likely N-dealkylation sites (tertiary alicyclic amines) is 1. The van der Waals surface area contributed by atoms with Gasteiger partial charge >= 0.3 is 6.18 Å². The van der Waals surface area contributed by atoms with Crippen LogP contribution in [0.1, 0.15) is 33.6 Å². The summed E-state index contributed by atoms with van der Waals surface area (Å²) in [5.74, 6) is 5.46. The van der Waals surface area contributed by atoms with Gasteiger partial charge in [0, 0.05) is 24.2 Å². The molecule has 1 aliphatic heterocycles. The van der Waals surface area contributed by atoms with Crippen LogP contribution >= 0.6 is 0 Å². The number of nitrogens with one attached hydrogen (secondary N) is 2. The second-order valence-corrected chi connectivity index (χ2v) is 9.00. The smallest absolute Gasteiger partial charge is 0.364 e. The van der Waals surface area contributed by atoms with Gasteiger partial charge in [-0.2, -0.15) is 18.3 Å². The highest BCUT2D eigenvalue weighted by Gasteiger charge is 2.32. The number of carbonyl (C=O) groups is 1. The number of alkyl halides is 4. The van der Waals surface area contributed by atoms with Crippen LogP contribution in [0.3, 0.4) is 0 Å². The number of piperidine rings is 1. The molecule has 0 spiro atoms. The molecule has 0 unspecified atom stereocenters. The van der Waals surface area contributed by atoms with Gasteiger partial charge in [-0.15, -0.1) is 0 Å². The summed E-state index contributed by atoms with van der Waals surface area (Å²) < 4.78 is 56.1. The number of hydrogen-bond donors (Lipinski definition) is 2. The summed E-state index contributed by atoms with van der Waals surface area (Å²) in [7, 11) is 1.84. The Kier molecular flexibility index (Phi) is 7.50. The summed E-state index contributed by atoms with van der Waals surface area (Å²) in [5.41, 5.74) is 1.54. The normalized spacial score (nSPS) is 18.5. The highest BCUT2D eigenvalue weighted by molar-refractivity contribution is 5.94. The van der Waals surface area contributed by atoms with Gasteiger partial charge in [-0.25, -0.2) is 8.91 Å². The predicted octanol–water partition coefficient (Wildman–Crippen LogP) is 3.98. The third-order valence-electron chi connectivity index (χ3n) is 6.04. The first kappa shape index (κ1) is 25.5. The number of aromatic nitrogens is 2. The fourth-order valence-corrected chi connectivity index (χ4v) is 4.25. The van der Waals surface area contributed by atoms with E-state index >= 15 is 0 Å². The molecule has 2 N–H and O–H groups in total. The number of aryl methyl sites for hydroxylation is 1. The van der Waals surface area contributed by atoms with Crippen LogP contribution in [-0.2, 0) is 6.42 Å². The lowest BCUT2D eigenvalue weighted by atomic mass is 10.0. The lowest BCUT2D eigenvalue weighted by molar-refractivity contribution is -0.127. The largest absolute Gasteiger partial charge is 0.393 e. The highest BCUT2D eigenvalue weighted by atomic mass is 19.4. The minimum absolute atomic E-state index is 0.0356. The monoisotopic (exact) mass is 501 g/mol. The van der Waals surface area contributed by atoms with Crippen LogP contribution < -0.4 is 10.6 Å².